The Balaban J connectivity index is 2.20. The van der Waals surface area contributed by atoms with E-state index in [0.29, 0.717) is 11.4 Å². The highest BCUT2D eigenvalue weighted by Gasteiger charge is 2.15. The lowest BCUT2D eigenvalue weighted by Crippen LogP contribution is -2.29. The van der Waals surface area contributed by atoms with Gasteiger partial charge in [-0.05, 0) is 37.3 Å². The summed E-state index contributed by atoms with van der Waals surface area (Å²) in [5.74, 6) is 0.488. The predicted molar refractivity (Wildman–Crippen MR) is 72.8 cm³/mol. The lowest BCUT2D eigenvalue weighted by atomic mass is 9.95. The van der Waals surface area contributed by atoms with E-state index >= 15 is 0 Å². The van der Waals surface area contributed by atoms with Crippen LogP contribution in [0.25, 0.3) is 0 Å². The van der Waals surface area contributed by atoms with E-state index in [4.69, 9.17) is 5.26 Å². The summed E-state index contributed by atoms with van der Waals surface area (Å²) in [5.41, 5.74) is 2.75. The topological polar surface area (TPSA) is 69.0 Å². The fourth-order valence-corrected chi connectivity index (χ4v) is 2.17. The molecule has 0 fully saturated rings. The van der Waals surface area contributed by atoms with E-state index in [-0.39, 0.29) is 12.5 Å². The number of rotatable bonds is 3. The van der Waals surface area contributed by atoms with Crippen molar-refractivity contribution in [2.75, 3.05) is 26.0 Å². The van der Waals surface area contributed by atoms with Crippen LogP contribution in [0.3, 0.4) is 0 Å². The molecule has 2 rings (SSSR count). The third-order valence-corrected chi connectivity index (χ3v) is 3.33. The Kier molecular flexibility index (Phi) is 4.00. The second-order valence-corrected chi connectivity index (χ2v) is 4.95. The van der Waals surface area contributed by atoms with Crippen LogP contribution >= 0.6 is 0 Å². The Labute approximate surface area is 113 Å². The van der Waals surface area contributed by atoms with Crippen LogP contribution in [0.15, 0.2) is 6.07 Å². The molecule has 5 nitrogen and oxygen atoms in total. The lowest BCUT2D eigenvalue weighted by molar-refractivity contribution is -0.126. The fraction of sp³-hybridized carbons (Fsp3) is 0.500. The summed E-state index contributed by atoms with van der Waals surface area (Å²) in [6, 6.07) is 4.06. The highest BCUT2D eigenvalue weighted by atomic mass is 16.2. The van der Waals surface area contributed by atoms with Crippen molar-refractivity contribution in [1.29, 1.82) is 5.26 Å². The maximum absolute atomic E-state index is 11.6. The van der Waals surface area contributed by atoms with Gasteiger partial charge in [0.25, 0.3) is 0 Å². The summed E-state index contributed by atoms with van der Waals surface area (Å²) in [6.07, 6.45) is 4.25. The third kappa shape index (κ3) is 3.02. The molecule has 0 saturated carbocycles. The summed E-state index contributed by atoms with van der Waals surface area (Å²) < 4.78 is 0. The van der Waals surface area contributed by atoms with Crippen molar-refractivity contribution in [3.05, 3.63) is 22.9 Å². The minimum absolute atomic E-state index is 0.0385. The van der Waals surface area contributed by atoms with Gasteiger partial charge >= 0.3 is 0 Å². The highest BCUT2D eigenvalue weighted by Crippen LogP contribution is 2.24. The van der Waals surface area contributed by atoms with E-state index in [1.165, 1.54) is 10.5 Å². The second kappa shape index (κ2) is 5.70. The number of nitriles is 1. The predicted octanol–water partition coefficient (Wildman–Crippen LogP) is 1.33. The summed E-state index contributed by atoms with van der Waals surface area (Å²) in [6.45, 7) is 0.160. The summed E-state index contributed by atoms with van der Waals surface area (Å²) in [7, 11) is 3.41. The van der Waals surface area contributed by atoms with Crippen molar-refractivity contribution in [2.45, 2.75) is 25.7 Å². The first-order valence-corrected chi connectivity index (χ1v) is 6.48. The molecule has 0 bridgehead atoms. The molecule has 19 heavy (non-hydrogen) atoms. The van der Waals surface area contributed by atoms with E-state index in [2.05, 4.69) is 16.4 Å². The first-order chi connectivity index (χ1) is 9.11. The number of fused-ring (bicyclic) bond motifs is 1. The summed E-state index contributed by atoms with van der Waals surface area (Å²) >= 11 is 0. The van der Waals surface area contributed by atoms with Crippen LogP contribution in [0.5, 0.6) is 0 Å². The summed E-state index contributed by atoms with van der Waals surface area (Å²) in [5, 5.41) is 12.1. The molecule has 5 heteroatoms. The molecule has 0 aliphatic heterocycles. The Morgan fingerprint density at radius 1 is 1.47 bits per heavy atom. The minimum Gasteiger partial charge on any atom is -0.360 e. The number of amides is 1. The molecule has 1 heterocycles. The Bertz CT molecular complexity index is 531. The van der Waals surface area contributed by atoms with Gasteiger partial charge in [-0.1, -0.05) is 0 Å². The smallest absolute Gasteiger partial charge is 0.241 e. The molecule has 1 N–H and O–H groups in total. The standard InChI is InChI=1S/C14H18N4O/c1-18(2)13(19)9-16-14-11(8-15)7-10-5-3-4-6-12(10)17-14/h7H,3-6,9H2,1-2H3,(H,16,17). The quantitative estimate of drug-likeness (QED) is 0.888. The number of hydrogen-bond donors (Lipinski definition) is 1. The molecule has 1 aromatic heterocycles. The Morgan fingerprint density at radius 2 is 2.21 bits per heavy atom. The third-order valence-electron chi connectivity index (χ3n) is 3.33. The van der Waals surface area contributed by atoms with Gasteiger partial charge in [-0.15, -0.1) is 0 Å². The van der Waals surface area contributed by atoms with Crippen LogP contribution in [0.1, 0.15) is 29.7 Å². The van der Waals surface area contributed by atoms with Gasteiger partial charge in [-0.2, -0.15) is 5.26 Å². The van der Waals surface area contributed by atoms with Gasteiger partial charge in [0.1, 0.15) is 11.9 Å². The first-order valence-electron chi connectivity index (χ1n) is 6.48. The maximum Gasteiger partial charge on any atom is 0.241 e. The number of pyridine rings is 1. The first kappa shape index (κ1) is 13.3. The summed E-state index contributed by atoms with van der Waals surface area (Å²) in [4.78, 5) is 17.6. The van der Waals surface area contributed by atoms with Crippen molar-refractivity contribution >= 4 is 11.7 Å². The highest BCUT2D eigenvalue weighted by molar-refractivity contribution is 5.80. The molecule has 100 valence electrons. The van der Waals surface area contributed by atoms with Crippen LogP contribution in [0.4, 0.5) is 5.82 Å². The van der Waals surface area contributed by atoms with Gasteiger partial charge in [0.15, 0.2) is 0 Å². The van der Waals surface area contributed by atoms with Gasteiger partial charge in [-0.25, -0.2) is 4.98 Å². The zero-order valence-corrected chi connectivity index (χ0v) is 11.4. The second-order valence-electron chi connectivity index (χ2n) is 4.95. The molecule has 0 atom stereocenters. The van der Waals surface area contributed by atoms with E-state index in [9.17, 15) is 4.79 Å². The number of likely N-dealkylation sites (N-methyl/N-ethyl adjacent to an activating group) is 1. The van der Waals surface area contributed by atoms with E-state index in [1.807, 2.05) is 6.07 Å². The molecular formula is C14H18N4O. The number of nitrogens with one attached hydrogen (secondary N) is 1. The number of carbonyl (C=O) groups excluding carboxylic acids is 1. The van der Waals surface area contributed by atoms with E-state index in [1.54, 1.807) is 14.1 Å². The van der Waals surface area contributed by atoms with Crippen molar-refractivity contribution in [3.8, 4) is 6.07 Å². The Hall–Kier alpha value is -2.09. The fourth-order valence-electron chi connectivity index (χ4n) is 2.17. The van der Waals surface area contributed by atoms with Crippen LogP contribution in [0, 0.1) is 11.3 Å². The van der Waals surface area contributed by atoms with Crippen molar-refractivity contribution in [3.63, 3.8) is 0 Å². The van der Waals surface area contributed by atoms with Crippen molar-refractivity contribution in [2.24, 2.45) is 0 Å². The van der Waals surface area contributed by atoms with Gasteiger partial charge in [0, 0.05) is 19.8 Å². The minimum atomic E-state index is -0.0385. The average molecular weight is 258 g/mol. The molecule has 1 aromatic rings. The monoisotopic (exact) mass is 258 g/mol. The molecule has 0 radical (unpaired) electrons. The molecule has 0 unspecified atom stereocenters. The van der Waals surface area contributed by atoms with Crippen molar-refractivity contribution < 1.29 is 4.79 Å². The van der Waals surface area contributed by atoms with Crippen LogP contribution in [-0.2, 0) is 17.6 Å². The number of hydrogen-bond acceptors (Lipinski definition) is 4. The number of aromatic nitrogens is 1. The van der Waals surface area contributed by atoms with Gasteiger partial charge < -0.3 is 10.2 Å². The largest absolute Gasteiger partial charge is 0.360 e. The average Bonchev–Trinajstić information content (AvgIpc) is 2.43. The SMILES string of the molecule is CN(C)C(=O)CNc1nc2c(cc1C#N)CCCC2. The zero-order chi connectivity index (χ0) is 13.8. The van der Waals surface area contributed by atoms with Crippen molar-refractivity contribution in [1.82, 2.24) is 9.88 Å². The van der Waals surface area contributed by atoms with Gasteiger partial charge in [0.05, 0.1) is 12.1 Å². The van der Waals surface area contributed by atoms with Crippen LogP contribution in [0.2, 0.25) is 0 Å². The lowest BCUT2D eigenvalue weighted by Gasteiger charge is -2.18. The van der Waals surface area contributed by atoms with Crippen LogP contribution < -0.4 is 5.32 Å². The number of anilines is 1. The Morgan fingerprint density at radius 3 is 2.89 bits per heavy atom. The molecule has 1 aliphatic rings. The molecular weight excluding hydrogens is 240 g/mol. The van der Waals surface area contributed by atoms with Crippen LogP contribution in [-0.4, -0.2) is 36.4 Å². The molecule has 0 saturated heterocycles. The van der Waals surface area contributed by atoms with E-state index < -0.39 is 0 Å². The van der Waals surface area contributed by atoms with E-state index in [0.717, 1.165) is 31.4 Å². The number of aryl methyl sites for hydroxylation is 2. The molecule has 1 amide bonds. The van der Waals surface area contributed by atoms with Gasteiger partial charge in [-0.3, -0.25) is 4.79 Å². The maximum atomic E-state index is 11.6. The normalized spacial score (nSPS) is 13.3. The van der Waals surface area contributed by atoms with Gasteiger partial charge in [0.2, 0.25) is 5.91 Å². The molecule has 1 aliphatic carbocycles. The number of carbonyl (C=O) groups is 1. The zero-order valence-electron chi connectivity index (χ0n) is 11.4. The molecule has 0 aromatic carbocycles. The number of nitrogens with zero attached hydrogens (tertiary/aromatic N) is 3. The molecule has 0 spiro atoms.